The SMILES string of the molecule is Cl.NCC(NC(=O)CCC(=O)c1ccc2c(c1)CCC2)C1CC1. The van der Waals surface area contributed by atoms with Crippen molar-refractivity contribution < 1.29 is 9.59 Å². The third-order valence-electron chi connectivity index (χ3n) is 4.79. The van der Waals surface area contributed by atoms with Crippen molar-refractivity contribution in [1.82, 2.24) is 5.32 Å². The van der Waals surface area contributed by atoms with Crippen LogP contribution in [0.4, 0.5) is 0 Å². The average Bonchev–Trinajstić information content (AvgIpc) is 3.26. The number of carbonyl (C=O) groups excluding carboxylic acids is 2. The van der Waals surface area contributed by atoms with Crippen molar-refractivity contribution in [2.75, 3.05) is 6.54 Å². The number of nitrogens with two attached hydrogens (primary N) is 1. The Balaban J connectivity index is 0.00000192. The van der Waals surface area contributed by atoms with Crippen LogP contribution >= 0.6 is 12.4 Å². The van der Waals surface area contributed by atoms with Gasteiger partial charge in [-0.05, 0) is 55.2 Å². The molecule has 4 nitrogen and oxygen atoms in total. The van der Waals surface area contributed by atoms with Gasteiger partial charge in [-0.2, -0.15) is 0 Å². The summed E-state index contributed by atoms with van der Waals surface area (Å²) in [7, 11) is 0. The van der Waals surface area contributed by atoms with Crippen molar-refractivity contribution in [3.8, 4) is 0 Å². The van der Waals surface area contributed by atoms with Gasteiger partial charge in [0, 0.05) is 31.0 Å². The number of nitrogens with one attached hydrogen (secondary N) is 1. The first-order chi connectivity index (χ1) is 10.7. The summed E-state index contributed by atoms with van der Waals surface area (Å²) in [6.45, 7) is 0.481. The molecule has 0 aromatic heterocycles. The quantitative estimate of drug-likeness (QED) is 0.751. The number of halogens is 1. The Morgan fingerprint density at radius 1 is 1.17 bits per heavy atom. The van der Waals surface area contributed by atoms with Crippen LogP contribution in [0.15, 0.2) is 18.2 Å². The van der Waals surface area contributed by atoms with E-state index in [0.717, 1.165) is 31.2 Å². The number of hydrogen-bond donors (Lipinski definition) is 2. The minimum atomic E-state index is -0.0585. The monoisotopic (exact) mass is 336 g/mol. The number of Topliss-reactive ketones (excluding diaryl/α,β-unsaturated/α-hetero) is 1. The lowest BCUT2D eigenvalue weighted by Gasteiger charge is -2.15. The van der Waals surface area contributed by atoms with Crippen LogP contribution in [0.1, 0.15) is 53.6 Å². The first-order valence-electron chi connectivity index (χ1n) is 8.32. The molecule has 1 unspecified atom stereocenters. The van der Waals surface area contributed by atoms with E-state index in [0.29, 0.717) is 12.5 Å². The zero-order chi connectivity index (χ0) is 15.5. The van der Waals surface area contributed by atoms with E-state index in [-0.39, 0.29) is 43.0 Å². The van der Waals surface area contributed by atoms with E-state index in [9.17, 15) is 9.59 Å². The first kappa shape index (κ1) is 18.0. The number of benzene rings is 1. The van der Waals surface area contributed by atoms with Crippen LogP contribution in [0.2, 0.25) is 0 Å². The summed E-state index contributed by atoms with van der Waals surface area (Å²) >= 11 is 0. The van der Waals surface area contributed by atoms with Gasteiger partial charge in [0.1, 0.15) is 0 Å². The van der Waals surface area contributed by atoms with E-state index >= 15 is 0 Å². The molecule has 1 amide bonds. The molecule has 2 aliphatic rings. The van der Waals surface area contributed by atoms with Crippen LogP contribution in [0.25, 0.3) is 0 Å². The Hall–Kier alpha value is -1.39. The minimum absolute atomic E-state index is 0. The summed E-state index contributed by atoms with van der Waals surface area (Å²) < 4.78 is 0. The van der Waals surface area contributed by atoms with Crippen LogP contribution in [0.3, 0.4) is 0 Å². The van der Waals surface area contributed by atoms with Crippen LogP contribution in [0, 0.1) is 5.92 Å². The molecular formula is C18H25ClN2O2. The largest absolute Gasteiger partial charge is 0.352 e. The second-order valence-electron chi connectivity index (χ2n) is 6.51. The summed E-state index contributed by atoms with van der Waals surface area (Å²) in [4.78, 5) is 24.2. The van der Waals surface area contributed by atoms with Gasteiger partial charge in [0.2, 0.25) is 5.91 Å². The molecule has 0 saturated heterocycles. The summed E-state index contributed by atoms with van der Waals surface area (Å²) in [5.41, 5.74) is 9.08. The number of ketones is 1. The summed E-state index contributed by atoms with van der Waals surface area (Å²) in [5.74, 6) is 0.541. The van der Waals surface area contributed by atoms with E-state index in [2.05, 4.69) is 11.4 Å². The van der Waals surface area contributed by atoms with Crippen molar-refractivity contribution in [1.29, 1.82) is 0 Å². The van der Waals surface area contributed by atoms with Gasteiger partial charge in [-0.25, -0.2) is 0 Å². The van der Waals surface area contributed by atoms with Crippen molar-refractivity contribution in [2.24, 2.45) is 11.7 Å². The summed E-state index contributed by atoms with van der Waals surface area (Å²) in [6, 6.07) is 6.06. The summed E-state index contributed by atoms with van der Waals surface area (Å²) in [6.07, 6.45) is 6.18. The number of amides is 1. The molecule has 5 heteroatoms. The number of hydrogen-bond acceptors (Lipinski definition) is 3. The second-order valence-corrected chi connectivity index (χ2v) is 6.51. The van der Waals surface area contributed by atoms with Crippen LogP contribution in [0.5, 0.6) is 0 Å². The van der Waals surface area contributed by atoms with E-state index < -0.39 is 0 Å². The van der Waals surface area contributed by atoms with Gasteiger partial charge in [-0.1, -0.05) is 12.1 Å². The minimum Gasteiger partial charge on any atom is -0.352 e. The second kappa shape index (κ2) is 7.93. The number of rotatable bonds is 7. The maximum absolute atomic E-state index is 12.2. The molecule has 1 fully saturated rings. The lowest BCUT2D eigenvalue weighted by molar-refractivity contribution is -0.121. The molecule has 126 valence electrons. The highest BCUT2D eigenvalue weighted by Gasteiger charge is 2.31. The lowest BCUT2D eigenvalue weighted by Crippen LogP contribution is -2.41. The Labute approximate surface area is 143 Å². The Bertz CT molecular complexity index is 584. The average molecular weight is 337 g/mol. The van der Waals surface area contributed by atoms with Gasteiger partial charge in [0.15, 0.2) is 5.78 Å². The fraction of sp³-hybridized carbons (Fsp3) is 0.556. The lowest BCUT2D eigenvalue weighted by atomic mass is 10.0. The van der Waals surface area contributed by atoms with Crippen LogP contribution < -0.4 is 11.1 Å². The first-order valence-corrected chi connectivity index (χ1v) is 8.32. The fourth-order valence-corrected chi connectivity index (χ4v) is 3.26. The highest BCUT2D eigenvalue weighted by Crippen LogP contribution is 2.32. The molecule has 0 radical (unpaired) electrons. The predicted octanol–water partition coefficient (Wildman–Crippen LogP) is 2.41. The molecule has 1 aromatic rings. The molecule has 1 saturated carbocycles. The van der Waals surface area contributed by atoms with Crippen molar-refractivity contribution in [2.45, 2.75) is 51.0 Å². The highest BCUT2D eigenvalue weighted by atomic mass is 35.5. The van der Waals surface area contributed by atoms with Gasteiger partial charge in [-0.15, -0.1) is 12.4 Å². The van der Waals surface area contributed by atoms with E-state index in [1.165, 1.54) is 17.5 Å². The van der Waals surface area contributed by atoms with E-state index in [1.54, 1.807) is 0 Å². The van der Waals surface area contributed by atoms with Crippen molar-refractivity contribution >= 4 is 24.1 Å². The molecule has 0 aliphatic heterocycles. The van der Waals surface area contributed by atoms with Crippen molar-refractivity contribution in [3.63, 3.8) is 0 Å². The van der Waals surface area contributed by atoms with Crippen LogP contribution in [-0.4, -0.2) is 24.3 Å². The van der Waals surface area contributed by atoms with Gasteiger partial charge in [0.25, 0.3) is 0 Å². The zero-order valence-electron chi connectivity index (χ0n) is 13.3. The smallest absolute Gasteiger partial charge is 0.220 e. The predicted molar refractivity (Wildman–Crippen MR) is 93.0 cm³/mol. The fourth-order valence-electron chi connectivity index (χ4n) is 3.26. The molecule has 2 aliphatic carbocycles. The molecule has 0 heterocycles. The molecule has 1 atom stereocenters. The van der Waals surface area contributed by atoms with Gasteiger partial charge in [0.05, 0.1) is 0 Å². The molecule has 1 aromatic carbocycles. The van der Waals surface area contributed by atoms with Gasteiger partial charge >= 0.3 is 0 Å². The molecule has 0 spiro atoms. The molecule has 3 N–H and O–H groups in total. The van der Waals surface area contributed by atoms with E-state index in [4.69, 9.17) is 5.73 Å². The Kier molecular flexibility index (Phi) is 6.19. The molecule has 23 heavy (non-hydrogen) atoms. The van der Waals surface area contributed by atoms with Crippen LogP contribution in [-0.2, 0) is 17.6 Å². The van der Waals surface area contributed by atoms with Gasteiger partial charge in [-0.3, -0.25) is 9.59 Å². The molecule has 0 bridgehead atoms. The number of carbonyl (C=O) groups is 2. The standard InChI is InChI=1S/C18H24N2O2.ClH/c19-11-16(13-5-6-13)20-18(22)9-8-17(21)15-7-4-12-2-1-3-14(12)10-15;/h4,7,10,13,16H,1-3,5-6,8-9,11,19H2,(H,20,22);1H. The molecule has 3 rings (SSSR count). The Morgan fingerprint density at radius 3 is 2.61 bits per heavy atom. The summed E-state index contributed by atoms with van der Waals surface area (Å²) in [5, 5.41) is 2.96. The van der Waals surface area contributed by atoms with Crippen molar-refractivity contribution in [3.05, 3.63) is 34.9 Å². The third-order valence-corrected chi connectivity index (χ3v) is 4.79. The van der Waals surface area contributed by atoms with E-state index in [1.807, 2.05) is 12.1 Å². The normalized spacial score (nSPS) is 17.1. The third kappa shape index (κ3) is 4.55. The number of aryl methyl sites for hydroxylation is 2. The zero-order valence-corrected chi connectivity index (χ0v) is 14.2. The maximum atomic E-state index is 12.2. The maximum Gasteiger partial charge on any atom is 0.220 e. The Morgan fingerprint density at radius 2 is 1.91 bits per heavy atom. The topological polar surface area (TPSA) is 72.2 Å². The number of fused-ring (bicyclic) bond motifs is 1. The molecular weight excluding hydrogens is 312 g/mol. The highest BCUT2D eigenvalue weighted by molar-refractivity contribution is 5.98. The van der Waals surface area contributed by atoms with Gasteiger partial charge < -0.3 is 11.1 Å².